The zero-order valence-corrected chi connectivity index (χ0v) is 11.2. The topological polar surface area (TPSA) is 90.4 Å². The first-order valence-corrected chi connectivity index (χ1v) is 6.12. The van der Waals surface area contributed by atoms with Gasteiger partial charge < -0.3 is 15.7 Å². The summed E-state index contributed by atoms with van der Waals surface area (Å²) in [7, 11) is 1.65. The van der Waals surface area contributed by atoms with Crippen LogP contribution in [0.2, 0.25) is 0 Å². The summed E-state index contributed by atoms with van der Waals surface area (Å²) in [6, 6.07) is 7.85. The van der Waals surface area contributed by atoms with Crippen molar-refractivity contribution in [1.29, 1.82) is 5.26 Å². The monoisotopic (exact) mass is 261 g/mol. The van der Waals surface area contributed by atoms with Crippen LogP contribution >= 0.6 is 0 Å². The number of benzene rings is 1. The van der Waals surface area contributed by atoms with Crippen molar-refractivity contribution >= 4 is 5.91 Å². The summed E-state index contributed by atoms with van der Waals surface area (Å²) in [6.07, 6.45) is 0.691. The number of aromatic hydroxyl groups is 1. The number of carbonyl (C=O) groups excluding carboxylic acids is 1. The molecule has 102 valence electrons. The Bertz CT molecular complexity index is 465. The van der Waals surface area contributed by atoms with Crippen molar-refractivity contribution in [3.8, 4) is 11.8 Å². The number of rotatable bonds is 5. The van der Waals surface area contributed by atoms with Gasteiger partial charge in [0.2, 0.25) is 5.91 Å². The standard InChI is InChI=1S/C14H19N3O2/c1-10(7-8-15)17(2)14(19)13(16)9-11-3-5-12(18)6-4-11/h3-6,10,13,18H,7,9,16H2,1-2H3/t10?,13-/m0/s1. The largest absolute Gasteiger partial charge is 0.508 e. The number of nitrogens with two attached hydrogens (primary N) is 1. The van der Waals surface area contributed by atoms with Crippen molar-refractivity contribution in [1.82, 2.24) is 4.90 Å². The van der Waals surface area contributed by atoms with Gasteiger partial charge in [0.25, 0.3) is 0 Å². The molecule has 0 fully saturated rings. The molecule has 0 saturated heterocycles. The van der Waals surface area contributed by atoms with Gasteiger partial charge in [0.1, 0.15) is 5.75 Å². The molecule has 0 bridgehead atoms. The third-order valence-corrected chi connectivity index (χ3v) is 3.10. The quantitative estimate of drug-likeness (QED) is 0.828. The number of amides is 1. The highest BCUT2D eigenvalue weighted by molar-refractivity contribution is 5.82. The Balaban J connectivity index is 2.62. The average molecular weight is 261 g/mol. The first kappa shape index (κ1) is 15.0. The SMILES string of the molecule is CC(CC#N)N(C)C(=O)[C@@H](N)Cc1ccc(O)cc1. The summed E-state index contributed by atoms with van der Waals surface area (Å²) in [6.45, 7) is 1.81. The van der Waals surface area contributed by atoms with Crippen LogP contribution < -0.4 is 5.73 Å². The van der Waals surface area contributed by atoms with Crippen LogP contribution in [-0.2, 0) is 11.2 Å². The van der Waals surface area contributed by atoms with Crippen molar-refractivity contribution in [2.75, 3.05) is 7.05 Å². The van der Waals surface area contributed by atoms with Gasteiger partial charge >= 0.3 is 0 Å². The maximum Gasteiger partial charge on any atom is 0.239 e. The maximum absolute atomic E-state index is 12.1. The van der Waals surface area contributed by atoms with Crippen LogP contribution in [0.3, 0.4) is 0 Å². The number of nitriles is 1. The van der Waals surface area contributed by atoms with E-state index >= 15 is 0 Å². The molecule has 5 nitrogen and oxygen atoms in total. The molecule has 3 N–H and O–H groups in total. The fraction of sp³-hybridized carbons (Fsp3) is 0.429. The molecule has 0 aromatic heterocycles. The van der Waals surface area contributed by atoms with E-state index in [4.69, 9.17) is 11.0 Å². The molecule has 0 radical (unpaired) electrons. The second-order valence-electron chi connectivity index (χ2n) is 4.64. The molecule has 1 aromatic carbocycles. The van der Waals surface area contributed by atoms with E-state index in [2.05, 4.69) is 0 Å². The van der Waals surface area contributed by atoms with Gasteiger partial charge in [-0.1, -0.05) is 12.1 Å². The normalized spacial score (nSPS) is 13.4. The Morgan fingerprint density at radius 1 is 1.47 bits per heavy atom. The molecule has 0 aliphatic heterocycles. The average Bonchev–Trinajstić information content (AvgIpc) is 2.39. The van der Waals surface area contributed by atoms with E-state index in [1.165, 1.54) is 4.90 Å². The Morgan fingerprint density at radius 3 is 2.58 bits per heavy atom. The van der Waals surface area contributed by atoms with Gasteiger partial charge in [0.15, 0.2) is 0 Å². The second-order valence-corrected chi connectivity index (χ2v) is 4.64. The molecule has 5 heteroatoms. The lowest BCUT2D eigenvalue weighted by molar-refractivity contribution is -0.132. The molecular formula is C14H19N3O2. The van der Waals surface area contributed by atoms with Gasteiger partial charge in [-0.25, -0.2) is 0 Å². The van der Waals surface area contributed by atoms with Gasteiger partial charge in [-0.3, -0.25) is 4.79 Å². The van der Waals surface area contributed by atoms with E-state index in [1.807, 2.05) is 13.0 Å². The van der Waals surface area contributed by atoms with Crippen LogP contribution in [0.1, 0.15) is 18.9 Å². The molecule has 19 heavy (non-hydrogen) atoms. The van der Waals surface area contributed by atoms with Crippen LogP contribution in [-0.4, -0.2) is 35.0 Å². The van der Waals surface area contributed by atoms with Crippen LogP contribution in [0.25, 0.3) is 0 Å². The first-order valence-electron chi connectivity index (χ1n) is 6.12. The summed E-state index contributed by atoms with van der Waals surface area (Å²) in [5.74, 6) is -0.000710. The Morgan fingerprint density at radius 2 is 2.05 bits per heavy atom. The molecule has 1 amide bonds. The predicted octanol–water partition coefficient (Wildman–Crippen LogP) is 1.02. The van der Waals surface area contributed by atoms with Crippen LogP contribution in [0.4, 0.5) is 0 Å². The summed E-state index contributed by atoms with van der Waals surface area (Å²) >= 11 is 0. The number of carbonyl (C=O) groups is 1. The summed E-state index contributed by atoms with van der Waals surface area (Å²) < 4.78 is 0. The fourth-order valence-corrected chi connectivity index (χ4v) is 1.72. The molecule has 0 heterocycles. The molecule has 1 unspecified atom stereocenters. The maximum atomic E-state index is 12.1. The Hall–Kier alpha value is -2.06. The fourth-order valence-electron chi connectivity index (χ4n) is 1.72. The minimum atomic E-state index is -0.643. The van der Waals surface area contributed by atoms with Crippen LogP contribution in [0.15, 0.2) is 24.3 Å². The van der Waals surface area contributed by atoms with Crippen molar-refractivity contribution < 1.29 is 9.90 Å². The summed E-state index contributed by atoms with van der Waals surface area (Å²) in [5, 5.41) is 17.8. The van der Waals surface area contributed by atoms with E-state index < -0.39 is 6.04 Å². The molecule has 0 aliphatic rings. The smallest absolute Gasteiger partial charge is 0.239 e. The van der Waals surface area contributed by atoms with Crippen molar-refractivity contribution in [3.63, 3.8) is 0 Å². The lowest BCUT2D eigenvalue weighted by atomic mass is 10.0. The Kier molecular flexibility index (Phi) is 5.34. The molecule has 2 atom stereocenters. The molecule has 0 saturated carbocycles. The van der Waals surface area contributed by atoms with E-state index in [0.717, 1.165) is 5.56 Å². The van der Waals surface area contributed by atoms with Gasteiger partial charge in [0, 0.05) is 13.1 Å². The van der Waals surface area contributed by atoms with E-state index in [0.29, 0.717) is 6.42 Å². The van der Waals surface area contributed by atoms with Gasteiger partial charge in [-0.05, 0) is 31.0 Å². The van der Waals surface area contributed by atoms with E-state index in [9.17, 15) is 9.90 Å². The summed E-state index contributed by atoms with van der Waals surface area (Å²) in [4.78, 5) is 13.6. The van der Waals surface area contributed by atoms with Crippen molar-refractivity contribution in [2.45, 2.75) is 31.8 Å². The third kappa shape index (κ3) is 4.27. The van der Waals surface area contributed by atoms with Crippen molar-refractivity contribution in [3.05, 3.63) is 29.8 Å². The number of hydrogen-bond acceptors (Lipinski definition) is 4. The molecule has 0 aliphatic carbocycles. The van der Waals surface area contributed by atoms with Gasteiger partial charge in [0.05, 0.1) is 18.5 Å². The highest BCUT2D eigenvalue weighted by atomic mass is 16.3. The number of phenols is 1. The number of nitrogens with zero attached hydrogens (tertiary/aromatic N) is 2. The van der Waals surface area contributed by atoms with Gasteiger partial charge in [-0.15, -0.1) is 0 Å². The second kappa shape index (κ2) is 6.76. The highest BCUT2D eigenvalue weighted by Gasteiger charge is 2.22. The van der Waals surface area contributed by atoms with Crippen molar-refractivity contribution in [2.24, 2.45) is 5.73 Å². The zero-order valence-electron chi connectivity index (χ0n) is 11.2. The molecular weight excluding hydrogens is 242 g/mol. The number of hydrogen-bond donors (Lipinski definition) is 2. The third-order valence-electron chi connectivity index (χ3n) is 3.10. The van der Waals surface area contributed by atoms with Crippen LogP contribution in [0, 0.1) is 11.3 Å². The lowest BCUT2D eigenvalue weighted by Crippen LogP contribution is -2.46. The minimum absolute atomic E-state index is 0.150. The van der Waals surface area contributed by atoms with E-state index in [1.54, 1.807) is 31.3 Å². The zero-order chi connectivity index (χ0) is 14.4. The lowest BCUT2D eigenvalue weighted by Gasteiger charge is -2.26. The summed E-state index contributed by atoms with van der Waals surface area (Å²) in [5.41, 5.74) is 6.77. The number of likely N-dealkylation sites (N-methyl/N-ethyl adjacent to an activating group) is 1. The van der Waals surface area contributed by atoms with Gasteiger partial charge in [-0.2, -0.15) is 5.26 Å². The number of phenolic OH excluding ortho intramolecular Hbond substituents is 1. The molecule has 1 aromatic rings. The van der Waals surface area contributed by atoms with E-state index in [-0.39, 0.29) is 24.1 Å². The molecule has 1 rings (SSSR count). The minimum Gasteiger partial charge on any atom is -0.508 e. The highest BCUT2D eigenvalue weighted by Crippen LogP contribution is 2.12. The molecule has 0 spiro atoms. The first-order chi connectivity index (χ1) is 8.95. The predicted molar refractivity (Wildman–Crippen MR) is 72.2 cm³/mol. The van der Waals surface area contributed by atoms with Crippen LogP contribution in [0.5, 0.6) is 5.75 Å². The Labute approximate surface area is 113 Å².